The number of carbonyl (C=O) groups excluding carboxylic acids is 1. The van der Waals surface area contributed by atoms with E-state index in [1.54, 1.807) is 11.3 Å². The molecule has 1 amide bonds. The van der Waals surface area contributed by atoms with Crippen LogP contribution in [0.2, 0.25) is 0 Å². The minimum atomic E-state index is -0.0877. The number of thioether (sulfide) groups is 1. The van der Waals surface area contributed by atoms with E-state index in [-0.39, 0.29) is 11.7 Å². The number of nitrogens with one attached hydrogen (secondary N) is 1. The molecule has 0 bridgehead atoms. The van der Waals surface area contributed by atoms with Crippen LogP contribution in [-0.2, 0) is 11.3 Å². The van der Waals surface area contributed by atoms with E-state index in [4.69, 9.17) is 4.74 Å². The molecular formula is C18H19BrN4O2S2. The molecule has 0 saturated carbocycles. The van der Waals surface area contributed by atoms with Gasteiger partial charge in [-0.05, 0) is 60.1 Å². The molecule has 2 heterocycles. The van der Waals surface area contributed by atoms with Gasteiger partial charge in [-0.3, -0.25) is 4.79 Å². The Morgan fingerprint density at radius 2 is 2.07 bits per heavy atom. The summed E-state index contributed by atoms with van der Waals surface area (Å²) in [5, 5.41) is 14.2. The fourth-order valence-electron chi connectivity index (χ4n) is 2.42. The number of hydrogen-bond acceptors (Lipinski definition) is 6. The Morgan fingerprint density at radius 3 is 2.70 bits per heavy atom. The summed E-state index contributed by atoms with van der Waals surface area (Å²) in [4.78, 5) is 13.3. The van der Waals surface area contributed by atoms with Gasteiger partial charge in [0.05, 0.1) is 17.2 Å². The molecule has 0 aliphatic carbocycles. The summed E-state index contributed by atoms with van der Waals surface area (Å²) in [6.07, 6.45) is 0. The number of anilines is 1. The number of ether oxygens (including phenoxy) is 1. The van der Waals surface area contributed by atoms with Crippen LogP contribution in [0, 0.1) is 0 Å². The Kier molecular flexibility index (Phi) is 6.92. The van der Waals surface area contributed by atoms with Crippen molar-refractivity contribution in [1.29, 1.82) is 0 Å². The molecule has 2 aromatic heterocycles. The predicted octanol–water partition coefficient (Wildman–Crippen LogP) is 4.92. The third kappa shape index (κ3) is 5.12. The third-order valence-electron chi connectivity index (χ3n) is 3.60. The van der Waals surface area contributed by atoms with Gasteiger partial charge in [0.2, 0.25) is 5.91 Å². The fourth-order valence-corrected chi connectivity index (χ4v) is 4.64. The van der Waals surface area contributed by atoms with E-state index in [9.17, 15) is 4.79 Å². The Bertz CT molecular complexity index is 908. The van der Waals surface area contributed by atoms with Gasteiger partial charge in [0, 0.05) is 22.1 Å². The van der Waals surface area contributed by atoms with Crippen LogP contribution in [0.25, 0.3) is 10.7 Å². The van der Waals surface area contributed by atoms with Gasteiger partial charge in [0.25, 0.3) is 0 Å². The van der Waals surface area contributed by atoms with Crippen LogP contribution in [0.3, 0.4) is 0 Å². The van der Waals surface area contributed by atoms with Crippen LogP contribution >= 0.6 is 39.0 Å². The lowest BCUT2D eigenvalue weighted by Crippen LogP contribution is -2.14. The molecule has 1 aromatic carbocycles. The topological polar surface area (TPSA) is 69.0 Å². The summed E-state index contributed by atoms with van der Waals surface area (Å²) in [5.74, 6) is 1.78. The lowest BCUT2D eigenvalue weighted by atomic mass is 10.3. The summed E-state index contributed by atoms with van der Waals surface area (Å²) >= 11 is 6.45. The molecule has 3 aromatic rings. The zero-order chi connectivity index (χ0) is 19.2. The first kappa shape index (κ1) is 19.9. The van der Waals surface area contributed by atoms with Crippen LogP contribution in [0.15, 0.2) is 45.3 Å². The number of thiophene rings is 1. The van der Waals surface area contributed by atoms with Crippen LogP contribution < -0.4 is 10.1 Å². The van der Waals surface area contributed by atoms with E-state index in [0.29, 0.717) is 6.61 Å². The van der Waals surface area contributed by atoms with Crippen molar-refractivity contribution in [2.45, 2.75) is 25.5 Å². The van der Waals surface area contributed by atoms with Gasteiger partial charge in [-0.1, -0.05) is 11.8 Å². The largest absolute Gasteiger partial charge is 0.494 e. The van der Waals surface area contributed by atoms with E-state index >= 15 is 0 Å². The average Bonchev–Trinajstić information content (AvgIpc) is 3.27. The van der Waals surface area contributed by atoms with Crippen LogP contribution in [0.4, 0.5) is 5.69 Å². The first-order valence-electron chi connectivity index (χ1n) is 8.43. The number of amides is 1. The summed E-state index contributed by atoms with van der Waals surface area (Å²) < 4.78 is 8.45. The van der Waals surface area contributed by atoms with Crippen LogP contribution in [0.5, 0.6) is 5.75 Å². The van der Waals surface area contributed by atoms with Crippen LogP contribution in [0.1, 0.15) is 13.8 Å². The highest BCUT2D eigenvalue weighted by Crippen LogP contribution is 2.31. The second-order valence-electron chi connectivity index (χ2n) is 5.47. The van der Waals surface area contributed by atoms with Gasteiger partial charge in [-0.25, -0.2) is 0 Å². The predicted molar refractivity (Wildman–Crippen MR) is 114 cm³/mol. The van der Waals surface area contributed by atoms with Gasteiger partial charge >= 0.3 is 0 Å². The molecule has 3 rings (SSSR count). The molecule has 0 aliphatic heterocycles. The standard InChI is InChI=1S/C18H19BrN4O2S2/c1-3-23-17(15-9-12(19)10-26-15)21-22-18(23)27-11-16(24)20-13-5-7-14(8-6-13)25-4-2/h5-10H,3-4,11H2,1-2H3,(H,20,24). The van der Waals surface area contributed by atoms with Crippen molar-refractivity contribution < 1.29 is 9.53 Å². The van der Waals surface area contributed by atoms with Gasteiger partial charge < -0.3 is 14.6 Å². The van der Waals surface area contributed by atoms with Crippen molar-refractivity contribution >= 4 is 50.6 Å². The second kappa shape index (κ2) is 9.38. The molecule has 0 atom stereocenters. The van der Waals surface area contributed by atoms with E-state index in [1.165, 1.54) is 11.8 Å². The average molecular weight is 467 g/mol. The maximum atomic E-state index is 12.3. The highest BCUT2D eigenvalue weighted by Gasteiger charge is 2.16. The van der Waals surface area contributed by atoms with E-state index in [0.717, 1.165) is 38.3 Å². The van der Waals surface area contributed by atoms with Crippen molar-refractivity contribution in [1.82, 2.24) is 14.8 Å². The van der Waals surface area contributed by atoms with E-state index in [1.807, 2.05) is 54.1 Å². The van der Waals surface area contributed by atoms with Crippen molar-refractivity contribution in [2.24, 2.45) is 0 Å². The zero-order valence-corrected chi connectivity index (χ0v) is 18.2. The Balaban J connectivity index is 1.61. The quantitative estimate of drug-likeness (QED) is 0.477. The minimum absolute atomic E-state index is 0.0877. The number of carbonyl (C=O) groups is 1. The van der Waals surface area contributed by atoms with Crippen molar-refractivity contribution in [3.63, 3.8) is 0 Å². The highest BCUT2D eigenvalue weighted by molar-refractivity contribution is 9.10. The third-order valence-corrected chi connectivity index (χ3v) is 6.26. The SMILES string of the molecule is CCOc1ccc(NC(=O)CSc2nnc(-c3cc(Br)cs3)n2CC)cc1. The molecule has 9 heteroatoms. The number of halogens is 1. The molecule has 0 aliphatic rings. The Hall–Kier alpha value is -1.84. The van der Waals surface area contributed by atoms with Gasteiger partial charge in [-0.15, -0.1) is 21.5 Å². The number of benzene rings is 1. The van der Waals surface area contributed by atoms with E-state index in [2.05, 4.69) is 31.4 Å². The lowest BCUT2D eigenvalue weighted by molar-refractivity contribution is -0.113. The summed E-state index contributed by atoms with van der Waals surface area (Å²) in [7, 11) is 0. The number of hydrogen-bond donors (Lipinski definition) is 1. The lowest BCUT2D eigenvalue weighted by Gasteiger charge is -2.08. The first-order valence-corrected chi connectivity index (χ1v) is 11.1. The van der Waals surface area contributed by atoms with Crippen molar-refractivity contribution in [2.75, 3.05) is 17.7 Å². The van der Waals surface area contributed by atoms with Crippen molar-refractivity contribution in [3.8, 4) is 16.5 Å². The maximum Gasteiger partial charge on any atom is 0.234 e. The molecule has 0 saturated heterocycles. The maximum absolute atomic E-state index is 12.3. The van der Waals surface area contributed by atoms with E-state index < -0.39 is 0 Å². The van der Waals surface area contributed by atoms with Gasteiger partial charge in [0.15, 0.2) is 11.0 Å². The van der Waals surface area contributed by atoms with Gasteiger partial charge in [-0.2, -0.15) is 0 Å². The monoisotopic (exact) mass is 466 g/mol. The normalized spacial score (nSPS) is 10.8. The molecule has 142 valence electrons. The van der Waals surface area contributed by atoms with Crippen molar-refractivity contribution in [3.05, 3.63) is 40.2 Å². The Labute approximate surface area is 174 Å². The molecule has 0 unspecified atom stereocenters. The second-order valence-corrected chi connectivity index (χ2v) is 8.24. The van der Waals surface area contributed by atoms with Crippen LogP contribution in [-0.4, -0.2) is 33.0 Å². The molecule has 1 N–H and O–H groups in total. The molecular weight excluding hydrogens is 448 g/mol. The molecule has 0 radical (unpaired) electrons. The summed E-state index contributed by atoms with van der Waals surface area (Å²) in [6, 6.07) is 9.36. The summed E-state index contributed by atoms with van der Waals surface area (Å²) in [5.41, 5.74) is 0.741. The number of aromatic nitrogens is 3. The minimum Gasteiger partial charge on any atom is -0.494 e. The zero-order valence-electron chi connectivity index (χ0n) is 14.9. The summed E-state index contributed by atoms with van der Waals surface area (Å²) in [6.45, 7) is 5.33. The number of rotatable bonds is 8. The van der Waals surface area contributed by atoms with Gasteiger partial charge in [0.1, 0.15) is 5.75 Å². The molecule has 0 spiro atoms. The molecule has 0 fully saturated rings. The smallest absolute Gasteiger partial charge is 0.234 e. The fraction of sp³-hybridized carbons (Fsp3) is 0.278. The molecule has 27 heavy (non-hydrogen) atoms. The highest BCUT2D eigenvalue weighted by atomic mass is 79.9. The molecule has 6 nitrogen and oxygen atoms in total. The first-order chi connectivity index (χ1) is 13.1. The number of nitrogens with zero attached hydrogens (tertiary/aromatic N) is 3. The Morgan fingerprint density at radius 1 is 1.30 bits per heavy atom.